The molecule has 20 heavy (non-hydrogen) atoms. The van der Waals surface area contributed by atoms with Gasteiger partial charge in [-0.1, -0.05) is 0 Å². The maximum absolute atomic E-state index is 11.8. The van der Waals surface area contributed by atoms with Gasteiger partial charge in [0.2, 0.25) is 0 Å². The third-order valence-corrected chi connectivity index (χ3v) is 5.84. The summed E-state index contributed by atoms with van der Waals surface area (Å²) in [7, 11) is 0. The van der Waals surface area contributed by atoms with Crippen LogP contribution in [0.4, 0.5) is 4.79 Å². The van der Waals surface area contributed by atoms with Crippen LogP contribution in [-0.4, -0.2) is 37.8 Å². The summed E-state index contributed by atoms with van der Waals surface area (Å²) in [5, 5.41) is 1.14. The minimum atomic E-state index is 0.187. The molecule has 0 aliphatic heterocycles. The second-order valence-electron chi connectivity index (χ2n) is 5.47. The molecule has 0 bridgehead atoms. The van der Waals surface area contributed by atoms with Gasteiger partial charge in [0, 0.05) is 0 Å². The van der Waals surface area contributed by atoms with Gasteiger partial charge < -0.3 is 0 Å². The van der Waals surface area contributed by atoms with E-state index in [-0.39, 0.29) is 15.0 Å². The van der Waals surface area contributed by atoms with Crippen molar-refractivity contribution in [2.24, 2.45) is 0 Å². The molecule has 0 saturated carbocycles. The summed E-state index contributed by atoms with van der Waals surface area (Å²) in [6.45, 7) is 8.15. The van der Waals surface area contributed by atoms with E-state index in [0.717, 1.165) is 18.4 Å². The van der Waals surface area contributed by atoms with Crippen molar-refractivity contribution in [3.8, 4) is 0 Å². The molecular formula is C17H35NOSe. The molecule has 0 aromatic heterocycles. The first-order valence-electron chi connectivity index (χ1n) is 8.67. The third-order valence-electron chi connectivity index (χ3n) is 3.75. The minimum absolute atomic E-state index is 0.187. The summed E-state index contributed by atoms with van der Waals surface area (Å²) >= 11 is 0.187. The Bertz CT molecular complexity index is 217. The predicted molar refractivity (Wildman–Crippen MR) is 90.7 cm³/mol. The molecule has 0 saturated heterocycles. The van der Waals surface area contributed by atoms with E-state index in [2.05, 4.69) is 20.8 Å². The van der Waals surface area contributed by atoms with E-state index in [0.29, 0.717) is 4.81 Å². The van der Waals surface area contributed by atoms with Crippen molar-refractivity contribution >= 4 is 19.8 Å². The molecule has 0 aliphatic carbocycles. The Labute approximate surface area is 133 Å². The van der Waals surface area contributed by atoms with Crippen molar-refractivity contribution < 1.29 is 4.79 Å². The van der Waals surface area contributed by atoms with Crippen LogP contribution < -0.4 is 0 Å². The number of nitrogens with zero attached hydrogens (tertiary/aromatic N) is 1. The van der Waals surface area contributed by atoms with Crippen LogP contribution in [0.2, 0.25) is 5.32 Å². The Balaban J connectivity index is 3.22. The number of hydrogen-bond acceptors (Lipinski definition) is 1. The SMILES string of the molecule is CCCCCCCCCCCC[Se]C(=O)N(CC)CC. The fraction of sp³-hybridized carbons (Fsp3) is 0.941. The summed E-state index contributed by atoms with van der Waals surface area (Å²) in [5.41, 5.74) is 0. The Kier molecular flexibility index (Phi) is 15.4. The number of rotatable bonds is 14. The Morgan fingerprint density at radius 3 is 1.65 bits per heavy atom. The molecule has 0 radical (unpaired) electrons. The molecule has 2 nitrogen and oxygen atoms in total. The third kappa shape index (κ3) is 11.8. The van der Waals surface area contributed by atoms with E-state index in [4.69, 9.17) is 0 Å². The maximum atomic E-state index is 11.8. The van der Waals surface area contributed by atoms with Gasteiger partial charge in [-0.15, -0.1) is 0 Å². The molecule has 3 heteroatoms. The van der Waals surface area contributed by atoms with Gasteiger partial charge in [0.25, 0.3) is 0 Å². The van der Waals surface area contributed by atoms with Crippen LogP contribution in [0.15, 0.2) is 0 Å². The molecule has 0 rings (SSSR count). The Hall–Kier alpha value is -0.0105. The molecule has 120 valence electrons. The summed E-state index contributed by atoms with van der Waals surface area (Å²) in [5.74, 6) is 0. The fourth-order valence-corrected chi connectivity index (χ4v) is 4.34. The van der Waals surface area contributed by atoms with Crippen LogP contribution in [0.1, 0.15) is 85.0 Å². The Morgan fingerprint density at radius 1 is 0.750 bits per heavy atom. The zero-order valence-corrected chi connectivity index (χ0v) is 15.7. The van der Waals surface area contributed by atoms with E-state index in [1.54, 1.807) is 0 Å². The van der Waals surface area contributed by atoms with Crippen LogP contribution in [0.25, 0.3) is 0 Å². The van der Waals surface area contributed by atoms with Crippen LogP contribution >= 0.6 is 0 Å². The van der Waals surface area contributed by atoms with Crippen molar-refractivity contribution in [3.63, 3.8) is 0 Å². The van der Waals surface area contributed by atoms with Gasteiger partial charge in [-0.2, -0.15) is 0 Å². The molecule has 0 atom stereocenters. The molecule has 0 fully saturated rings. The molecular weight excluding hydrogens is 313 g/mol. The molecule has 0 aromatic rings. The van der Waals surface area contributed by atoms with Crippen LogP contribution in [0.3, 0.4) is 0 Å². The number of carbonyl (C=O) groups excluding carboxylic acids is 1. The summed E-state index contributed by atoms with van der Waals surface area (Å²) in [4.78, 5) is 14.2. The van der Waals surface area contributed by atoms with Gasteiger partial charge >= 0.3 is 133 Å². The summed E-state index contributed by atoms with van der Waals surface area (Å²) < 4.78 is 0. The average molecular weight is 348 g/mol. The molecule has 0 aliphatic rings. The fourth-order valence-electron chi connectivity index (χ4n) is 2.32. The normalized spacial score (nSPS) is 10.8. The zero-order valence-electron chi connectivity index (χ0n) is 14.0. The van der Waals surface area contributed by atoms with Crippen LogP contribution in [-0.2, 0) is 0 Å². The first-order valence-corrected chi connectivity index (χ1v) is 10.7. The van der Waals surface area contributed by atoms with Gasteiger partial charge in [0.05, 0.1) is 0 Å². The summed E-state index contributed by atoms with van der Waals surface area (Å²) in [6.07, 6.45) is 13.8. The van der Waals surface area contributed by atoms with Crippen molar-refractivity contribution in [3.05, 3.63) is 0 Å². The molecule has 0 spiro atoms. The van der Waals surface area contributed by atoms with Gasteiger partial charge in [0.1, 0.15) is 0 Å². The quantitative estimate of drug-likeness (QED) is 0.300. The number of carbonyl (C=O) groups is 1. The molecule has 0 heterocycles. The van der Waals surface area contributed by atoms with Crippen molar-refractivity contribution in [1.82, 2.24) is 4.90 Å². The standard InChI is InChI=1S/C17H35NOSe/c1-4-7-8-9-10-11-12-13-14-15-16-20-17(19)18(5-2)6-3/h4-16H2,1-3H3. The van der Waals surface area contributed by atoms with Gasteiger partial charge in [-0.3, -0.25) is 0 Å². The number of unbranched alkanes of at least 4 members (excludes halogenated alkanes) is 9. The summed E-state index contributed by atoms with van der Waals surface area (Å²) in [6, 6.07) is 0. The van der Waals surface area contributed by atoms with Gasteiger partial charge in [-0.05, 0) is 0 Å². The molecule has 0 aromatic carbocycles. The second-order valence-corrected chi connectivity index (χ2v) is 7.66. The van der Waals surface area contributed by atoms with Crippen molar-refractivity contribution in [2.75, 3.05) is 13.1 Å². The first-order chi connectivity index (χ1) is 9.76. The molecule has 1 amide bonds. The van der Waals surface area contributed by atoms with Crippen LogP contribution in [0.5, 0.6) is 0 Å². The zero-order chi connectivity index (χ0) is 15.1. The number of hydrogen-bond donors (Lipinski definition) is 0. The van der Waals surface area contributed by atoms with Crippen molar-refractivity contribution in [2.45, 2.75) is 90.3 Å². The Morgan fingerprint density at radius 2 is 1.20 bits per heavy atom. The second kappa shape index (κ2) is 15.4. The number of amides is 1. The van der Waals surface area contributed by atoms with E-state index in [1.165, 1.54) is 64.2 Å². The first kappa shape index (κ1) is 20.0. The van der Waals surface area contributed by atoms with Crippen LogP contribution in [0, 0.1) is 0 Å². The van der Waals surface area contributed by atoms with E-state index in [9.17, 15) is 4.79 Å². The van der Waals surface area contributed by atoms with Gasteiger partial charge in [0.15, 0.2) is 0 Å². The van der Waals surface area contributed by atoms with E-state index < -0.39 is 0 Å². The monoisotopic (exact) mass is 349 g/mol. The molecule has 0 N–H and O–H groups in total. The molecule has 0 unspecified atom stereocenters. The van der Waals surface area contributed by atoms with E-state index >= 15 is 0 Å². The topological polar surface area (TPSA) is 20.3 Å². The van der Waals surface area contributed by atoms with Crippen molar-refractivity contribution in [1.29, 1.82) is 0 Å². The van der Waals surface area contributed by atoms with E-state index in [1.807, 2.05) is 4.90 Å². The average Bonchev–Trinajstić information content (AvgIpc) is 2.46. The van der Waals surface area contributed by atoms with Gasteiger partial charge in [-0.25, -0.2) is 0 Å². The predicted octanol–water partition coefficient (Wildman–Crippen LogP) is 5.49.